The van der Waals surface area contributed by atoms with Gasteiger partial charge in [-0.3, -0.25) is 0 Å². The minimum Gasteiger partial charge on any atom is -0.477 e. The molecule has 3 aromatic rings. The summed E-state index contributed by atoms with van der Waals surface area (Å²) in [6.45, 7) is 4.06. The van der Waals surface area contributed by atoms with Gasteiger partial charge in [-0.2, -0.15) is 0 Å². The van der Waals surface area contributed by atoms with Crippen LogP contribution in [0.3, 0.4) is 0 Å². The molecule has 0 amide bonds. The molecule has 2 heterocycles. The van der Waals surface area contributed by atoms with Crippen molar-refractivity contribution < 1.29 is 9.90 Å². The number of H-pyrrole nitrogens is 2. The minimum atomic E-state index is -0.894. The second kappa shape index (κ2) is 5.13. The molecule has 0 saturated carbocycles. The molecule has 0 aliphatic rings. The van der Waals surface area contributed by atoms with Gasteiger partial charge in [0.05, 0.1) is 5.69 Å². The molecule has 3 N–H and O–H groups in total. The predicted molar refractivity (Wildman–Crippen MR) is 83.8 cm³/mol. The van der Waals surface area contributed by atoms with Gasteiger partial charge in [0.15, 0.2) is 0 Å². The van der Waals surface area contributed by atoms with Crippen LogP contribution in [0, 0.1) is 0 Å². The lowest BCUT2D eigenvalue weighted by molar-refractivity contribution is 0.0690. The van der Waals surface area contributed by atoms with Crippen molar-refractivity contribution in [1.29, 1.82) is 0 Å². The summed E-state index contributed by atoms with van der Waals surface area (Å²) in [5.74, 6) is -0.894. The maximum absolute atomic E-state index is 11.5. The molecule has 0 fully saturated rings. The van der Waals surface area contributed by atoms with Crippen molar-refractivity contribution in [2.24, 2.45) is 0 Å². The van der Waals surface area contributed by atoms with Crippen molar-refractivity contribution in [1.82, 2.24) is 9.97 Å². The van der Waals surface area contributed by atoms with Crippen LogP contribution < -0.4 is 0 Å². The summed E-state index contributed by atoms with van der Waals surface area (Å²) in [6, 6.07) is 8.07. The Morgan fingerprint density at radius 3 is 2.57 bits per heavy atom. The average Bonchev–Trinajstić information content (AvgIpc) is 3.10. The highest BCUT2D eigenvalue weighted by atomic mass is 16.4. The number of aromatic nitrogens is 2. The second-order valence-electron chi connectivity index (χ2n) is 5.09. The molecule has 21 heavy (non-hydrogen) atoms. The number of aromatic amines is 2. The quantitative estimate of drug-likeness (QED) is 0.677. The van der Waals surface area contributed by atoms with E-state index in [4.69, 9.17) is 0 Å². The lowest BCUT2D eigenvalue weighted by Gasteiger charge is -2.06. The van der Waals surface area contributed by atoms with Crippen molar-refractivity contribution in [3.8, 4) is 11.3 Å². The molecule has 2 aromatic heterocycles. The minimum absolute atomic E-state index is 0.317. The Morgan fingerprint density at radius 2 is 1.90 bits per heavy atom. The van der Waals surface area contributed by atoms with Gasteiger partial charge in [-0.1, -0.05) is 26.0 Å². The number of rotatable bonds is 4. The van der Waals surface area contributed by atoms with Gasteiger partial charge in [0, 0.05) is 22.7 Å². The van der Waals surface area contributed by atoms with Gasteiger partial charge in [-0.15, -0.1) is 0 Å². The monoisotopic (exact) mass is 282 g/mol. The molecule has 0 aliphatic carbocycles. The zero-order chi connectivity index (χ0) is 15.0. The first kappa shape index (κ1) is 13.5. The molecule has 0 unspecified atom stereocenters. The predicted octanol–water partition coefficient (Wildman–Crippen LogP) is 3.99. The number of benzene rings is 1. The number of nitrogens with one attached hydrogen (secondary N) is 2. The normalized spacial score (nSPS) is 11.1. The SMILES string of the molecule is CCc1c(C(=O)O)[nH]c(-c2cccc3[nH]ccc23)c1CC. The van der Waals surface area contributed by atoms with Crippen molar-refractivity contribution in [2.75, 3.05) is 0 Å². The molecule has 0 saturated heterocycles. The zero-order valence-corrected chi connectivity index (χ0v) is 12.2. The van der Waals surface area contributed by atoms with E-state index in [-0.39, 0.29) is 0 Å². The van der Waals surface area contributed by atoms with Crippen LogP contribution in [0.25, 0.3) is 22.2 Å². The van der Waals surface area contributed by atoms with Crippen molar-refractivity contribution in [3.63, 3.8) is 0 Å². The lowest BCUT2D eigenvalue weighted by atomic mass is 9.98. The van der Waals surface area contributed by atoms with Gasteiger partial charge in [-0.25, -0.2) is 4.79 Å². The van der Waals surface area contributed by atoms with E-state index >= 15 is 0 Å². The number of aromatic carboxylic acids is 1. The summed E-state index contributed by atoms with van der Waals surface area (Å²) in [5.41, 5.74) is 5.36. The number of hydrogen-bond acceptors (Lipinski definition) is 1. The number of carboxylic acids is 1. The number of carbonyl (C=O) groups is 1. The topological polar surface area (TPSA) is 68.9 Å². The molecular formula is C17H18N2O2. The third-order valence-corrected chi connectivity index (χ3v) is 4.00. The van der Waals surface area contributed by atoms with E-state index in [0.29, 0.717) is 12.1 Å². The molecule has 0 radical (unpaired) electrons. The number of carboxylic acid groups (broad SMARTS) is 1. The van der Waals surface area contributed by atoms with Crippen molar-refractivity contribution in [2.45, 2.75) is 26.7 Å². The fourth-order valence-corrected chi connectivity index (χ4v) is 3.07. The first-order valence-electron chi connectivity index (χ1n) is 7.20. The highest BCUT2D eigenvalue weighted by Gasteiger charge is 2.21. The first-order chi connectivity index (χ1) is 10.2. The van der Waals surface area contributed by atoms with Gasteiger partial charge in [-0.05, 0) is 36.1 Å². The Labute approximate surface area is 122 Å². The standard InChI is InChI=1S/C17H18N2O2/c1-3-10-11(4-2)16(17(20)21)19-15(10)13-6-5-7-14-12(13)8-9-18-14/h5-9,18-19H,3-4H2,1-2H3,(H,20,21). The summed E-state index contributed by atoms with van der Waals surface area (Å²) in [7, 11) is 0. The van der Waals surface area contributed by atoms with Crippen molar-refractivity contribution >= 4 is 16.9 Å². The van der Waals surface area contributed by atoms with Gasteiger partial charge >= 0.3 is 5.97 Å². The number of hydrogen-bond donors (Lipinski definition) is 3. The Hall–Kier alpha value is -2.49. The summed E-state index contributed by atoms with van der Waals surface area (Å²) in [4.78, 5) is 17.8. The maximum Gasteiger partial charge on any atom is 0.352 e. The second-order valence-corrected chi connectivity index (χ2v) is 5.09. The van der Waals surface area contributed by atoms with Crippen LogP contribution in [0.15, 0.2) is 30.5 Å². The van der Waals surface area contributed by atoms with E-state index in [0.717, 1.165) is 39.7 Å². The van der Waals surface area contributed by atoms with Crippen LogP contribution in [0.1, 0.15) is 35.5 Å². The third kappa shape index (κ3) is 2.03. The van der Waals surface area contributed by atoms with Crippen LogP contribution in [0.4, 0.5) is 0 Å². The molecule has 108 valence electrons. The summed E-state index contributed by atoms with van der Waals surface area (Å²) in [6.07, 6.45) is 3.43. The lowest BCUT2D eigenvalue weighted by Crippen LogP contribution is -2.01. The van der Waals surface area contributed by atoms with E-state index in [1.54, 1.807) is 0 Å². The zero-order valence-electron chi connectivity index (χ0n) is 12.2. The fraction of sp³-hybridized carbons (Fsp3) is 0.235. The molecule has 4 nitrogen and oxygen atoms in total. The Bertz CT molecular complexity index is 811. The van der Waals surface area contributed by atoms with Crippen LogP contribution in [0.2, 0.25) is 0 Å². The highest BCUT2D eigenvalue weighted by Crippen LogP contribution is 2.33. The molecule has 0 atom stereocenters. The van der Waals surface area contributed by atoms with Gasteiger partial charge < -0.3 is 15.1 Å². The molecule has 4 heteroatoms. The van der Waals surface area contributed by atoms with Crippen molar-refractivity contribution in [3.05, 3.63) is 47.3 Å². The largest absolute Gasteiger partial charge is 0.477 e. The Morgan fingerprint density at radius 1 is 1.14 bits per heavy atom. The van der Waals surface area contributed by atoms with Crippen LogP contribution in [-0.4, -0.2) is 21.0 Å². The van der Waals surface area contributed by atoms with Crippen LogP contribution in [-0.2, 0) is 12.8 Å². The fourth-order valence-electron chi connectivity index (χ4n) is 3.07. The molecular weight excluding hydrogens is 264 g/mol. The smallest absolute Gasteiger partial charge is 0.352 e. The molecule has 0 bridgehead atoms. The Kier molecular flexibility index (Phi) is 3.29. The van der Waals surface area contributed by atoms with E-state index in [9.17, 15) is 9.90 Å². The molecule has 0 aliphatic heterocycles. The first-order valence-corrected chi connectivity index (χ1v) is 7.20. The van der Waals surface area contributed by atoms with E-state index in [1.165, 1.54) is 0 Å². The maximum atomic E-state index is 11.5. The van der Waals surface area contributed by atoms with Crippen LogP contribution >= 0.6 is 0 Å². The van der Waals surface area contributed by atoms with Crippen LogP contribution in [0.5, 0.6) is 0 Å². The van der Waals surface area contributed by atoms with Gasteiger partial charge in [0.25, 0.3) is 0 Å². The summed E-state index contributed by atoms with van der Waals surface area (Å²) in [5, 5.41) is 10.5. The average molecular weight is 282 g/mol. The van der Waals surface area contributed by atoms with E-state index < -0.39 is 5.97 Å². The number of fused-ring (bicyclic) bond motifs is 1. The molecule has 3 rings (SSSR count). The summed E-state index contributed by atoms with van der Waals surface area (Å²) >= 11 is 0. The highest BCUT2D eigenvalue weighted by molar-refractivity contribution is 5.97. The van der Waals surface area contributed by atoms with E-state index in [2.05, 4.69) is 16.9 Å². The Balaban J connectivity index is 2.32. The van der Waals surface area contributed by atoms with E-state index in [1.807, 2.05) is 37.4 Å². The van der Waals surface area contributed by atoms with Gasteiger partial charge in [0.2, 0.25) is 0 Å². The summed E-state index contributed by atoms with van der Waals surface area (Å²) < 4.78 is 0. The third-order valence-electron chi connectivity index (χ3n) is 4.00. The molecule has 1 aromatic carbocycles. The molecule has 0 spiro atoms. The van der Waals surface area contributed by atoms with Gasteiger partial charge in [0.1, 0.15) is 5.69 Å².